The van der Waals surface area contributed by atoms with Crippen molar-refractivity contribution in [1.29, 1.82) is 0 Å². The van der Waals surface area contributed by atoms with E-state index in [-0.39, 0.29) is 16.3 Å². The maximum Gasteiger partial charge on any atom is 0.337 e. The number of sulfonamides is 1. The molecule has 0 aliphatic rings. The molecule has 0 unspecified atom stereocenters. The molecule has 0 spiro atoms. The zero-order valence-electron chi connectivity index (χ0n) is 11.5. The van der Waals surface area contributed by atoms with Crippen molar-refractivity contribution in [3.05, 3.63) is 53.7 Å². The number of carbonyl (C=O) groups is 1. The molecule has 21 heavy (non-hydrogen) atoms. The van der Waals surface area contributed by atoms with Crippen molar-refractivity contribution in [3.63, 3.8) is 0 Å². The number of carboxylic acid groups (broad SMARTS) is 1. The minimum absolute atomic E-state index is 0.000108. The molecule has 0 aliphatic heterocycles. The lowest BCUT2D eigenvalue weighted by Gasteiger charge is -2.18. The highest BCUT2D eigenvalue weighted by Gasteiger charge is 2.22. The lowest BCUT2D eigenvalue weighted by molar-refractivity contribution is 0.0696. The molecule has 2 aromatic rings. The molecule has 0 fully saturated rings. The summed E-state index contributed by atoms with van der Waals surface area (Å²) in [5.74, 6) is -0.960. The van der Waals surface area contributed by atoms with E-state index in [1.807, 2.05) is 6.92 Å². The van der Waals surface area contributed by atoms with Gasteiger partial charge in [-0.1, -0.05) is 17.7 Å². The summed E-state index contributed by atoms with van der Waals surface area (Å²) in [6, 6.07) is 9.13. The van der Waals surface area contributed by atoms with Crippen LogP contribution in [0, 0.1) is 6.92 Å². The summed E-state index contributed by atoms with van der Waals surface area (Å²) in [7, 11) is -2.35. The third kappa shape index (κ3) is 3.03. The third-order valence-electron chi connectivity index (χ3n) is 3.00. The number of pyridine rings is 1. The minimum atomic E-state index is -3.72. The van der Waals surface area contributed by atoms with Gasteiger partial charge in [-0.15, -0.1) is 0 Å². The monoisotopic (exact) mass is 306 g/mol. The van der Waals surface area contributed by atoms with Gasteiger partial charge in [-0.2, -0.15) is 0 Å². The lowest BCUT2D eigenvalue weighted by Crippen LogP contribution is -2.27. The molecule has 110 valence electrons. The summed E-state index contributed by atoms with van der Waals surface area (Å²) in [5, 5.41) is 8.81. The van der Waals surface area contributed by atoms with Crippen LogP contribution in [0.2, 0.25) is 0 Å². The molecule has 7 heteroatoms. The van der Waals surface area contributed by atoms with E-state index >= 15 is 0 Å². The van der Waals surface area contributed by atoms with Gasteiger partial charge in [0.2, 0.25) is 0 Å². The molecular formula is C14H14N2O4S. The fourth-order valence-corrected chi connectivity index (χ4v) is 2.84. The van der Waals surface area contributed by atoms with Gasteiger partial charge >= 0.3 is 5.97 Å². The molecule has 0 amide bonds. The number of aromatic carboxylic acids is 1. The Morgan fingerprint density at radius 2 is 1.76 bits per heavy atom. The van der Waals surface area contributed by atoms with Crippen LogP contribution >= 0.6 is 0 Å². The maximum absolute atomic E-state index is 12.4. The van der Waals surface area contributed by atoms with Gasteiger partial charge in [0.25, 0.3) is 10.0 Å². The van der Waals surface area contributed by atoms with Crippen molar-refractivity contribution < 1.29 is 18.3 Å². The number of aromatic nitrogens is 1. The average Bonchev–Trinajstić information content (AvgIpc) is 2.47. The zero-order valence-corrected chi connectivity index (χ0v) is 12.3. The van der Waals surface area contributed by atoms with Gasteiger partial charge in [0.05, 0.1) is 10.5 Å². The number of nitrogens with zero attached hydrogens (tertiary/aromatic N) is 2. The second-order valence-corrected chi connectivity index (χ2v) is 6.47. The molecule has 0 saturated carbocycles. The highest BCUT2D eigenvalue weighted by Crippen LogP contribution is 2.20. The second-order valence-electron chi connectivity index (χ2n) is 4.50. The van der Waals surface area contributed by atoms with Crippen LogP contribution in [0.3, 0.4) is 0 Å². The molecule has 0 saturated heterocycles. The van der Waals surface area contributed by atoms with Crippen molar-refractivity contribution in [2.24, 2.45) is 0 Å². The van der Waals surface area contributed by atoms with E-state index in [0.717, 1.165) is 16.1 Å². The van der Waals surface area contributed by atoms with E-state index in [9.17, 15) is 13.2 Å². The fourth-order valence-electron chi connectivity index (χ4n) is 1.69. The Morgan fingerprint density at radius 1 is 1.14 bits per heavy atom. The summed E-state index contributed by atoms with van der Waals surface area (Å²) < 4.78 is 25.9. The number of rotatable bonds is 4. The second kappa shape index (κ2) is 5.53. The molecule has 0 bridgehead atoms. The molecule has 1 N–H and O–H groups in total. The Balaban J connectivity index is 2.35. The van der Waals surface area contributed by atoms with Gasteiger partial charge in [-0.25, -0.2) is 18.2 Å². The predicted molar refractivity (Wildman–Crippen MR) is 78.0 cm³/mol. The van der Waals surface area contributed by atoms with E-state index in [1.54, 1.807) is 12.1 Å². The van der Waals surface area contributed by atoms with Gasteiger partial charge in [0.1, 0.15) is 5.82 Å². The van der Waals surface area contributed by atoms with Crippen molar-refractivity contribution in [1.82, 2.24) is 4.98 Å². The first-order chi connectivity index (χ1) is 9.82. The van der Waals surface area contributed by atoms with E-state index < -0.39 is 16.0 Å². The first-order valence-electron chi connectivity index (χ1n) is 6.07. The highest BCUT2D eigenvalue weighted by atomic mass is 32.2. The Kier molecular flexibility index (Phi) is 3.95. The number of anilines is 1. The van der Waals surface area contributed by atoms with Crippen LogP contribution in [0.4, 0.5) is 5.82 Å². The quantitative estimate of drug-likeness (QED) is 0.932. The molecular weight excluding hydrogens is 292 g/mol. The van der Waals surface area contributed by atoms with Crippen LogP contribution in [0.25, 0.3) is 0 Å². The Morgan fingerprint density at radius 3 is 2.24 bits per heavy atom. The molecule has 0 atom stereocenters. The van der Waals surface area contributed by atoms with Crippen LogP contribution in [-0.4, -0.2) is 31.5 Å². The van der Waals surface area contributed by atoms with Crippen LogP contribution in [0.15, 0.2) is 47.5 Å². The topological polar surface area (TPSA) is 87.6 Å². The number of carboxylic acids is 1. The molecule has 6 nitrogen and oxygen atoms in total. The van der Waals surface area contributed by atoms with Crippen molar-refractivity contribution in [3.8, 4) is 0 Å². The number of hydrogen-bond acceptors (Lipinski definition) is 4. The van der Waals surface area contributed by atoms with E-state index in [4.69, 9.17) is 5.11 Å². The smallest absolute Gasteiger partial charge is 0.337 e. The Bertz CT molecular complexity index is 753. The first-order valence-corrected chi connectivity index (χ1v) is 7.51. The van der Waals surface area contributed by atoms with Gasteiger partial charge in [0, 0.05) is 13.2 Å². The minimum Gasteiger partial charge on any atom is -0.478 e. The molecule has 0 aliphatic carbocycles. The van der Waals surface area contributed by atoms with Gasteiger partial charge < -0.3 is 5.11 Å². The zero-order chi connectivity index (χ0) is 15.6. The highest BCUT2D eigenvalue weighted by molar-refractivity contribution is 7.92. The molecule has 2 rings (SSSR count). The predicted octanol–water partition coefficient (Wildman–Crippen LogP) is 1.91. The third-order valence-corrected chi connectivity index (χ3v) is 4.77. The number of benzene rings is 1. The van der Waals surface area contributed by atoms with Crippen LogP contribution in [-0.2, 0) is 10.0 Å². The lowest BCUT2D eigenvalue weighted by atomic mass is 10.2. The standard InChI is InChI=1S/C14H14N2O4S/c1-10-3-6-12(7-4-10)21(19,20)16(2)13-8-5-11(9-15-13)14(17)18/h3-9H,1-2H3,(H,17,18). The van der Waals surface area contributed by atoms with Crippen molar-refractivity contribution in [2.75, 3.05) is 11.4 Å². The summed E-state index contributed by atoms with van der Waals surface area (Å²) in [6.07, 6.45) is 1.12. The Labute approximate surface area is 122 Å². The number of hydrogen-bond donors (Lipinski definition) is 1. The van der Waals surface area contributed by atoms with E-state index in [2.05, 4.69) is 4.98 Å². The normalized spacial score (nSPS) is 11.1. The molecule has 1 heterocycles. The maximum atomic E-state index is 12.4. The molecule has 1 aromatic carbocycles. The Hall–Kier alpha value is -2.41. The summed E-state index contributed by atoms with van der Waals surface area (Å²) >= 11 is 0. The van der Waals surface area contributed by atoms with Crippen LogP contribution < -0.4 is 4.31 Å². The van der Waals surface area contributed by atoms with Crippen molar-refractivity contribution in [2.45, 2.75) is 11.8 Å². The number of aryl methyl sites for hydroxylation is 1. The van der Waals surface area contributed by atoms with Crippen molar-refractivity contribution >= 4 is 21.8 Å². The van der Waals surface area contributed by atoms with Crippen LogP contribution in [0.5, 0.6) is 0 Å². The van der Waals surface area contributed by atoms with Gasteiger partial charge in [-0.05, 0) is 31.2 Å². The van der Waals surface area contributed by atoms with Crippen LogP contribution in [0.1, 0.15) is 15.9 Å². The van der Waals surface area contributed by atoms with Gasteiger partial charge in [0.15, 0.2) is 0 Å². The largest absolute Gasteiger partial charge is 0.478 e. The first kappa shape index (κ1) is 15.0. The summed E-state index contributed by atoms with van der Waals surface area (Å²) in [6.45, 7) is 1.87. The molecule has 0 radical (unpaired) electrons. The molecule has 1 aromatic heterocycles. The van der Waals surface area contributed by atoms with E-state index in [0.29, 0.717) is 0 Å². The fraction of sp³-hybridized carbons (Fsp3) is 0.143. The summed E-state index contributed by atoms with van der Waals surface area (Å²) in [4.78, 5) is 14.8. The SMILES string of the molecule is Cc1ccc(S(=O)(=O)N(C)c2ccc(C(=O)O)cn2)cc1. The van der Waals surface area contributed by atoms with E-state index in [1.165, 1.54) is 31.3 Å². The van der Waals surface area contributed by atoms with Gasteiger partial charge in [-0.3, -0.25) is 4.31 Å². The summed E-state index contributed by atoms with van der Waals surface area (Å²) in [5.41, 5.74) is 0.959. The average molecular weight is 306 g/mol.